The fourth-order valence-electron chi connectivity index (χ4n) is 5.31. The maximum absolute atomic E-state index is 2.36. The van der Waals surface area contributed by atoms with Crippen molar-refractivity contribution in [2.45, 2.75) is 51.4 Å². The van der Waals surface area contributed by atoms with Crippen molar-refractivity contribution < 1.29 is 51.0 Å². The summed E-state index contributed by atoms with van der Waals surface area (Å²) in [5.41, 5.74) is 11.8. The van der Waals surface area contributed by atoms with E-state index in [0.717, 1.165) is 12.8 Å². The monoisotopic (exact) mass is 602 g/mol. The summed E-state index contributed by atoms with van der Waals surface area (Å²) in [4.78, 5) is 0. The average molecular weight is 605 g/mol. The molecule has 0 atom stereocenters. The number of benzene rings is 2. The normalized spacial score (nSPS) is 13.4. The van der Waals surface area contributed by atoms with Crippen LogP contribution >= 0.6 is 0 Å². The van der Waals surface area contributed by atoms with Crippen LogP contribution in [-0.4, -0.2) is 0 Å². The second-order valence-corrected chi connectivity index (χ2v) is 10.7. The molecule has 0 amide bonds. The zero-order valence-electron chi connectivity index (χ0n) is 22.1. The van der Waals surface area contributed by atoms with Gasteiger partial charge in [-0.15, -0.1) is 11.1 Å². The minimum atomic E-state index is 0. The largest absolute Gasteiger partial charge is 4.00 e. The molecule has 0 nitrogen and oxygen atoms in total. The van der Waals surface area contributed by atoms with Crippen LogP contribution in [-0.2, 0) is 49.9 Å². The van der Waals surface area contributed by atoms with Crippen molar-refractivity contribution >= 4 is 12.2 Å². The molecule has 0 N–H and O–H groups in total. The summed E-state index contributed by atoms with van der Waals surface area (Å²) < 4.78 is 0. The summed E-state index contributed by atoms with van der Waals surface area (Å²) >= 11 is 0. The van der Waals surface area contributed by atoms with E-state index in [1.54, 1.807) is 0 Å². The van der Waals surface area contributed by atoms with E-state index in [0.29, 0.717) is 0 Å². The Labute approximate surface area is 254 Å². The van der Waals surface area contributed by atoms with Crippen LogP contribution in [0.15, 0.2) is 108 Å². The molecule has 3 heteroatoms. The van der Waals surface area contributed by atoms with Crippen molar-refractivity contribution in [2.24, 2.45) is 0 Å². The van der Waals surface area contributed by atoms with Crippen LogP contribution < -0.4 is 24.8 Å². The Morgan fingerprint density at radius 2 is 0.838 bits per heavy atom. The second-order valence-electron chi connectivity index (χ2n) is 10.7. The Hall–Kier alpha value is -1.92. The van der Waals surface area contributed by atoms with Crippen LogP contribution in [0.1, 0.15) is 61.1 Å². The van der Waals surface area contributed by atoms with Gasteiger partial charge in [-0.05, 0) is 45.9 Å². The van der Waals surface area contributed by atoms with Crippen LogP contribution in [0, 0.1) is 0 Å². The van der Waals surface area contributed by atoms with E-state index >= 15 is 0 Å². The van der Waals surface area contributed by atoms with Crippen LogP contribution in [0.5, 0.6) is 0 Å². The number of hydrogen-bond donors (Lipinski definition) is 0. The molecule has 0 saturated carbocycles. The molecule has 4 aromatic rings. The minimum Gasteiger partial charge on any atom is -1.00 e. The number of rotatable bonds is 4. The van der Waals surface area contributed by atoms with Crippen LogP contribution in [0.25, 0.3) is 12.2 Å². The van der Waals surface area contributed by atoms with Gasteiger partial charge in [0.15, 0.2) is 0 Å². The molecule has 4 aromatic carbocycles. The summed E-state index contributed by atoms with van der Waals surface area (Å²) in [7, 11) is 0. The minimum absolute atomic E-state index is 0. The fourth-order valence-corrected chi connectivity index (χ4v) is 5.31. The van der Waals surface area contributed by atoms with E-state index in [1.807, 2.05) is 0 Å². The third-order valence-electron chi connectivity index (χ3n) is 7.91. The van der Waals surface area contributed by atoms with E-state index in [2.05, 4.69) is 137 Å². The van der Waals surface area contributed by atoms with Gasteiger partial charge in [-0.1, -0.05) is 99.5 Å². The van der Waals surface area contributed by atoms with Crippen LogP contribution in [0.2, 0.25) is 0 Å². The summed E-state index contributed by atoms with van der Waals surface area (Å²) in [6.07, 6.45) is 6.91. The van der Waals surface area contributed by atoms with E-state index < -0.39 is 0 Å². The zero-order chi connectivity index (χ0) is 23.8. The van der Waals surface area contributed by atoms with Gasteiger partial charge in [-0.3, -0.25) is 0 Å². The number of halogens is 2. The second kappa shape index (κ2) is 12.8. The average Bonchev–Trinajstić information content (AvgIpc) is 3.65. The molecule has 2 aliphatic carbocycles. The Morgan fingerprint density at radius 1 is 0.514 bits per heavy atom. The standard InChI is InChI=1S/2C17H17.2ClH.Zr/c2*1-17(2,15-9-5-6-10-15)16-11-13-7-3-4-8-14(13)12-16;;;/h2*3-11H,12H2,1-2H3;2*1H;/q2*-1;;;+4/p-2. The molecule has 6 rings (SSSR count). The van der Waals surface area contributed by atoms with Gasteiger partial charge in [0.1, 0.15) is 0 Å². The third kappa shape index (κ3) is 6.39. The Bertz CT molecular complexity index is 1230. The van der Waals surface area contributed by atoms with Crippen molar-refractivity contribution in [3.8, 4) is 0 Å². The summed E-state index contributed by atoms with van der Waals surface area (Å²) in [6.45, 7) is 9.28. The van der Waals surface area contributed by atoms with Gasteiger partial charge in [0.2, 0.25) is 0 Å². The van der Waals surface area contributed by atoms with Crippen molar-refractivity contribution in [2.75, 3.05) is 0 Å². The van der Waals surface area contributed by atoms with Gasteiger partial charge in [0.25, 0.3) is 0 Å². The van der Waals surface area contributed by atoms with E-state index in [9.17, 15) is 0 Å². The summed E-state index contributed by atoms with van der Waals surface area (Å²) in [5, 5.41) is 0. The van der Waals surface area contributed by atoms with Crippen molar-refractivity contribution in [1.29, 1.82) is 0 Å². The van der Waals surface area contributed by atoms with Crippen molar-refractivity contribution in [1.82, 2.24) is 0 Å². The van der Waals surface area contributed by atoms with Crippen LogP contribution in [0.3, 0.4) is 0 Å². The van der Waals surface area contributed by atoms with Crippen LogP contribution in [0.4, 0.5) is 0 Å². The summed E-state index contributed by atoms with van der Waals surface area (Å²) in [6, 6.07) is 34.8. The van der Waals surface area contributed by atoms with Gasteiger partial charge in [0.05, 0.1) is 0 Å². The fraction of sp³-hybridized carbons (Fsp3) is 0.235. The number of hydrogen-bond acceptors (Lipinski definition) is 0. The van der Waals surface area contributed by atoms with Gasteiger partial charge in [-0.2, -0.15) is 24.3 Å². The van der Waals surface area contributed by atoms with Gasteiger partial charge >= 0.3 is 26.2 Å². The first kappa shape index (κ1) is 31.3. The maximum Gasteiger partial charge on any atom is 4.00 e. The third-order valence-corrected chi connectivity index (χ3v) is 7.91. The van der Waals surface area contributed by atoms with E-state index in [-0.39, 0.29) is 61.8 Å². The summed E-state index contributed by atoms with van der Waals surface area (Å²) in [5.74, 6) is 0. The van der Waals surface area contributed by atoms with E-state index in [1.165, 1.54) is 44.5 Å². The molecule has 0 aromatic heterocycles. The topological polar surface area (TPSA) is 0 Å². The quantitative estimate of drug-likeness (QED) is 0.315. The molecule has 0 unspecified atom stereocenters. The Kier molecular flexibility index (Phi) is 10.8. The molecule has 0 fully saturated rings. The molecule has 37 heavy (non-hydrogen) atoms. The first-order valence-electron chi connectivity index (χ1n) is 12.4. The number of fused-ring (bicyclic) bond motifs is 2. The SMILES string of the molecule is CC(C)(C1=Cc2ccccc2C1)[c-]1cccc1.CC(C)(C1=Cc2ccccc2C1)[c-]1cccc1.[Cl-].[Cl-].[Zr+4]. The van der Waals surface area contributed by atoms with Gasteiger partial charge in [-0.25, -0.2) is 24.3 Å². The molecule has 0 aliphatic heterocycles. The smallest absolute Gasteiger partial charge is 1.00 e. The molecule has 2 aliphatic rings. The first-order chi connectivity index (χ1) is 16.4. The zero-order valence-corrected chi connectivity index (χ0v) is 26.0. The van der Waals surface area contributed by atoms with Crippen molar-refractivity contribution in [3.63, 3.8) is 0 Å². The Morgan fingerprint density at radius 3 is 1.16 bits per heavy atom. The van der Waals surface area contributed by atoms with Crippen molar-refractivity contribution in [3.05, 3.63) is 142 Å². The molecular formula is C34H34Cl2Zr. The predicted molar refractivity (Wildman–Crippen MR) is 146 cm³/mol. The molecule has 0 radical (unpaired) electrons. The molecule has 0 bridgehead atoms. The molecule has 0 heterocycles. The molecular weight excluding hydrogens is 571 g/mol. The molecule has 0 saturated heterocycles. The van der Waals surface area contributed by atoms with Gasteiger partial charge < -0.3 is 24.8 Å². The first-order valence-corrected chi connectivity index (χ1v) is 12.4. The Balaban J connectivity index is 0.000000241. The molecule has 188 valence electrons. The van der Waals surface area contributed by atoms with Gasteiger partial charge in [0, 0.05) is 0 Å². The number of allylic oxidation sites excluding steroid dienone is 2. The van der Waals surface area contributed by atoms with E-state index in [4.69, 9.17) is 0 Å². The molecule has 0 spiro atoms. The predicted octanol–water partition coefficient (Wildman–Crippen LogP) is 2.65. The maximum atomic E-state index is 2.36.